The number of alkyl halides is 1. The largest absolute Gasteiger partial charge is 0.299 e. The molecule has 2 fully saturated rings. The molecule has 2 heterocycles. The molecule has 6 heteroatoms. The molecule has 0 N–H and O–H groups in total. The van der Waals surface area contributed by atoms with Crippen molar-refractivity contribution in [2.75, 3.05) is 37.8 Å². The molecule has 0 radical (unpaired) electrons. The molecule has 0 saturated carbocycles. The second-order valence-electron chi connectivity index (χ2n) is 5.26. The molecule has 4 nitrogen and oxygen atoms in total. The molecule has 2 rings (SSSR count). The molecular formula is C12H23ClN2O2S. The molecule has 0 bridgehead atoms. The van der Waals surface area contributed by atoms with Gasteiger partial charge in [0.1, 0.15) is 0 Å². The molecule has 0 aliphatic carbocycles. The number of sulfonamides is 1. The van der Waals surface area contributed by atoms with Crippen LogP contribution in [0, 0.1) is 0 Å². The zero-order valence-electron chi connectivity index (χ0n) is 10.9. The van der Waals surface area contributed by atoms with E-state index >= 15 is 0 Å². The van der Waals surface area contributed by atoms with Crippen molar-refractivity contribution < 1.29 is 8.42 Å². The SMILES string of the molecule is O=S(=O)(CCCCl)N1CCC(N2CCCCC2)C1. The van der Waals surface area contributed by atoms with Crippen molar-refractivity contribution >= 4 is 21.6 Å². The highest BCUT2D eigenvalue weighted by Gasteiger charge is 2.34. The van der Waals surface area contributed by atoms with Crippen LogP contribution < -0.4 is 0 Å². The van der Waals surface area contributed by atoms with Gasteiger partial charge in [-0.1, -0.05) is 6.42 Å². The second-order valence-corrected chi connectivity index (χ2v) is 7.72. The first-order valence-electron chi connectivity index (χ1n) is 6.91. The molecule has 2 aliphatic heterocycles. The predicted molar refractivity (Wildman–Crippen MR) is 74.5 cm³/mol. The molecule has 18 heavy (non-hydrogen) atoms. The van der Waals surface area contributed by atoms with Gasteiger partial charge < -0.3 is 0 Å². The van der Waals surface area contributed by atoms with E-state index in [0.29, 0.717) is 31.4 Å². The number of hydrogen-bond acceptors (Lipinski definition) is 3. The highest BCUT2D eigenvalue weighted by Crippen LogP contribution is 2.22. The van der Waals surface area contributed by atoms with Gasteiger partial charge in [0, 0.05) is 25.0 Å². The number of piperidine rings is 1. The molecule has 1 unspecified atom stereocenters. The zero-order valence-corrected chi connectivity index (χ0v) is 12.4. The van der Waals surface area contributed by atoms with Crippen LogP contribution in [0.25, 0.3) is 0 Å². The number of likely N-dealkylation sites (tertiary alicyclic amines) is 1. The van der Waals surface area contributed by atoms with Crippen molar-refractivity contribution in [2.24, 2.45) is 0 Å². The first kappa shape index (κ1) is 14.6. The summed E-state index contributed by atoms with van der Waals surface area (Å²) in [7, 11) is -3.07. The van der Waals surface area contributed by atoms with Crippen LogP contribution >= 0.6 is 11.6 Å². The van der Waals surface area contributed by atoms with Crippen molar-refractivity contribution in [3.63, 3.8) is 0 Å². The Morgan fingerprint density at radius 3 is 2.50 bits per heavy atom. The van der Waals surface area contributed by atoms with E-state index in [9.17, 15) is 8.42 Å². The highest BCUT2D eigenvalue weighted by molar-refractivity contribution is 7.89. The topological polar surface area (TPSA) is 40.6 Å². The lowest BCUT2D eigenvalue weighted by molar-refractivity contribution is 0.169. The summed E-state index contributed by atoms with van der Waals surface area (Å²) >= 11 is 5.57. The van der Waals surface area contributed by atoms with E-state index in [1.165, 1.54) is 19.3 Å². The number of rotatable bonds is 5. The van der Waals surface area contributed by atoms with Crippen molar-refractivity contribution in [2.45, 2.75) is 38.1 Å². The van der Waals surface area contributed by atoms with Crippen LogP contribution in [-0.2, 0) is 10.0 Å². The summed E-state index contributed by atoms with van der Waals surface area (Å²) in [6.07, 6.45) is 5.38. The summed E-state index contributed by atoms with van der Waals surface area (Å²) in [4.78, 5) is 2.47. The molecule has 2 saturated heterocycles. The summed E-state index contributed by atoms with van der Waals surface area (Å²) in [6, 6.07) is 0.441. The Morgan fingerprint density at radius 2 is 1.83 bits per heavy atom. The number of nitrogens with zero attached hydrogens (tertiary/aromatic N) is 2. The van der Waals surface area contributed by atoms with Crippen LogP contribution in [0.15, 0.2) is 0 Å². The summed E-state index contributed by atoms with van der Waals surface area (Å²) in [5.41, 5.74) is 0. The zero-order chi connectivity index (χ0) is 13.0. The fourth-order valence-corrected chi connectivity index (χ4v) is 4.75. The van der Waals surface area contributed by atoms with Crippen molar-refractivity contribution in [1.29, 1.82) is 0 Å². The Balaban J connectivity index is 1.87. The van der Waals surface area contributed by atoms with Gasteiger partial charge in [-0.25, -0.2) is 12.7 Å². The Hall–Kier alpha value is 0.160. The van der Waals surface area contributed by atoms with E-state index in [-0.39, 0.29) is 5.75 Å². The lowest BCUT2D eigenvalue weighted by atomic mass is 10.1. The third-order valence-corrected chi connectivity index (χ3v) is 6.15. The van der Waals surface area contributed by atoms with Crippen molar-refractivity contribution in [3.05, 3.63) is 0 Å². The van der Waals surface area contributed by atoms with E-state index in [4.69, 9.17) is 11.6 Å². The monoisotopic (exact) mass is 294 g/mol. The predicted octanol–water partition coefficient (Wildman–Crippen LogP) is 1.51. The average Bonchev–Trinajstić information content (AvgIpc) is 2.88. The fraction of sp³-hybridized carbons (Fsp3) is 1.00. The molecule has 106 valence electrons. The van der Waals surface area contributed by atoms with E-state index in [1.54, 1.807) is 4.31 Å². The van der Waals surface area contributed by atoms with Gasteiger partial charge in [-0.2, -0.15) is 0 Å². The summed E-state index contributed by atoms with van der Waals surface area (Å²) in [5.74, 6) is 0.617. The third-order valence-electron chi connectivity index (χ3n) is 3.96. The Morgan fingerprint density at radius 1 is 1.11 bits per heavy atom. The minimum Gasteiger partial charge on any atom is -0.299 e. The van der Waals surface area contributed by atoms with Gasteiger partial charge in [0.25, 0.3) is 0 Å². The molecule has 0 spiro atoms. The smallest absolute Gasteiger partial charge is 0.214 e. The van der Waals surface area contributed by atoms with Gasteiger partial charge in [-0.3, -0.25) is 4.90 Å². The van der Waals surface area contributed by atoms with Crippen LogP contribution in [-0.4, -0.2) is 61.5 Å². The fourth-order valence-electron chi connectivity index (χ4n) is 2.91. The molecule has 0 aromatic heterocycles. The van der Waals surface area contributed by atoms with Crippen molar-refractivity contribution in [1.82, 2.24) is 9.21 Å². The maximum Gasteiger partial charge on any atom is 0.214 e. The van der Waals surface area contributed by atoms with Crippen LogP contribution in [0.2, 0.25) is 0 Å². The third kappa shape index (κ3) is 3.59. The maximum absolute atomic E-state index is 12.1. The molecule has 0 aromatic carbocycles. The van der Waals surface area contributed by atoms with E-state index in [1.807, 2.05) is 0 Å². The molecule has 2 aliphatic rings. The molecule has 1 atom stereocenters. The molecule has 0 aromatic rings. The molecular weight excluding hydrogens is 272 g/mol. The average molecular weight is 295 g/mol. The summed E-state index contributed by atoms with van der Waals surface area (Å²) < 4.78 is 25.8. The minimum atomic E-state index is -3.07. The van der Waals surface area contributed by atoms with E-state index in [0.717, 1.165) is 19.5 Å². The van der Waals surface area contributed by atoms with Crippen LogP contribution in [0.1, 0.15) is 32.1 Å². The number of hydrogen-bond donors (Lipinski definition) is 0. The van der Waals surface area contributed by atoms with Gasteiger partial charge in [-0.15, -0.1) is 11.6 Å². The molecule has 0 amide bonds. The van der Waals surface area contributed by atoms with Crippen molar-refractivity contribution in [3.8, 4) is 0 Å². The van der Waals surface area contributed by atoms with Crippen LogP contribution in [0.5, 0.6) is 0 Å². The standard InChI is InChI=1S/C12H23ClN2O2S/c13-6-4-10-18(16,17)15-9-5-12(11-15)14-7-2-1-3-8-14/h12H,1-11H2. The first-order chi connectivity index (χ1) is 8.63. The van der Waals surface area contributed by atoms with Gasteiger partial charge >= 0.3 is 0 Å². The summed E-state index contributed by atoms with van der Waals surface area (Å²) in [5, 5.41) is 0. The normalized spacial score (nSPS) is 27.7. The highest BCUT2D eigenvalue weighted by atomic mass is 35.5. The first-order valence-corrected chi connectivity index (χ1v) is 9.06. The van der Waals surface area contributed by atoms with Gasteiger partial charge in [0.15, 0.2) is 0 Å². The minimum absolute atomic E-state index is 0.198. The lowest BCUT2D eigenvalue weighted by Gasteiger charge is -2.32. The van der Waals surface area contributed by atoms with Gasteiger partial charge in [0.2, 0.25) is 10.0 Å². The summed E-state index contributed by atoms with van der Waals surface area (Å²) in [6.45, 7) is 3.65. The van der Waals surface area contributed by atoms with Crippen LogP contribution in [0.3, 0.4) is 0 Å². The maximum atomic E-state index is 12.1. The number of halogens is 1. The van der Waals surface area contributed by atoms with E-state index < -0.39 is 10.0 Å². The van der Waals surface area contributed by atoms with Crippen LogP contribution in [0.4, 0.5) is 0 Å². The second kappa shape index (κ2) is 6.55. The van der Waals surface area contributed by atoms with E-state index in [2.05, 4.69) is 4.90 Å². The lowest BCUT2D eigenvalue weighted by Crippen LogP contribution is -2.42. The van der Waals surface area contributed by atoms with Gasteiger partial charge in [0.05, 0.1) is 5.75 Å². The Labute approximate surface area is 115 Å². The Kier molecular flexibility index (Phi) is 5.30. The van der Waals surface area contributed by atoms with Gasteiger partial charge in [-0.05, 0) is 38.8 Å². The Bertz CT molecular complexity index is 355. The quantitative estimate of drug-likeness (QED) is 0.722.